The summed E-state index contributed by atoms with van der Waals surface area (Å²) in [6.07, 6.45) is 4.88. The van der Waals surface area contributed by atoms with Crippen molar-refractivity contribution in [2.75, 3.05) is 36.9 Å². The number of nitrogens with zero attached hydrogens (tertiary/aromatic N) is 6. The second-order valence-electron chi connectivity index (χ2n) is 7.35. The van der Waals surface area contributed by atoms with Crippen molar-refractivity contribution in [3.8, 4) is 0 Å². The number of fused-ring (bicyclic) bond motifs is 1. The van der Waals surface area contributed by atoms with Crippen molar-refractivity contribution in [2.24, 2.45) is 7.05 Å². The fraction of sp³-hybridized carbons (Fsp3) is 0.611. The quantitative estimate of drug-likeness (QED) is 0.899. The van der Waals surface area contributed by atoms with E-state index < -0.39 is 0 Å². The van der Waals surface area contributed by atoms with Gasteiger partial charge in [-0.3, -0.25) is 14.4 Å². The maximum atomic E-state index is 12.5. The lowest BCUT2D eigenvalue weighted by atomic mass is 10.2. The van der Waals surface area contributed by atoms with Crippen molar-refractivity contribution in [1.29, 1.82) is 0 Å². The van der Waals surface area contributed by atoms with Crippen molar-refractivity contribution in [3.05, 3.63) is 28.2 Å². The molecule has 26 heavy (non-hydrogen) atoms. The van der Waals surface area contributed by atoms with Gasteiger partial charge in [-0.25, -0.2) is 4.68 Å². The van der Waals surface area contributed by atoms with Crippen molar-refractivity contribution >= 4 is 17.3 Å². The Balaban J connectivity index is 1.61. The number of likely N-dealkylation sites (N-methyl/N-ethyl adjacent to an activating group) is 1. The number of aromatic nitrogens is 4. The molecule has 0 spiro atoms. The van der Waals surface area contributed by atoms with E-state index in [-0.39, 0.29) is 5.56 Å². The molecule has 0 bridgehead atoms. The monoisotopic (exact) mass is 357 g/mol. The number of aryl methyl sites for hydroxylation is 1. The highest BCUT2D eigenvalue weighted by Crippen LogP contribution is 2.22. The van der Waals surface area contributed by atoms with Crippen LogP contribution in [0.2, 0.25) is 0 Å². The molecule has 0 saturated carbocycles. The third-order valence-electron chi connectivity index (χ3n) is 5.23. The number of anilines is 3. The Labute approximate surface area is 153 Å². The summed E-state index contributed by atoms with van der Waals surface area (Å²) in [6, 6.07) is 3.90. The molecule has 0 radical (unpaired) electrons. The maximum absolute atomic E-state index is 12.5. The molecule has 140 valence electrons. The average molecular weight is 357 g/mol. The fourth-order valence-corrected chi connectivity index (χ4v) is 3.73. The lowest BCUT2D eigenvalue weighted by Crippen LogP contribution is -2.30. The second-order valence-corrected chi connectivity index (χ2v) is 7.35. The molecule has 0 atom stereocenters. The summed E-state index contributed by atoms with van der Waals surface area (Å²) < 4.78 is 3.44. The molecule has 8 heteroatoms. The minimum Gasteiger partial charge on any atom is -0.355 e. The summed E-state index contributed by atoms with van der Waals surface area (Å²) in [7, 11) is 3.82. The van der Waals surface area contributed by atoms with Crippen LogP contribution in [0.25, 0.3) is 0 Å². The predicted molar refractivity (Wildman–Crippen MR) is 102 cm³/mol. The predicted octanol–water partition coefficient (Wildman–Crippen LogP) is 1.55. The Kier molecular flexibility index (Phi) is 4.67. The van der Waals surface area contributed by atoms with Crippen LogP contribution in [0.5, 0.6) is 0 Å². The van der Waals surface area contributed by atoms with Crippen molar-refractivity contribution in [2.45, 2.75) is 38.8 Å². The van der Waals surface area contributed by atoms with Crippen molar-refractivity contribution < 1.29 is 0 Å². The van der Waals surface area contributed by atoms with Crippen LogP contribution in [0.1, 0.15) is 31.4 Å². The van der Waals surface area contributed by atoms with Gasteiger partial charge in [0.25, 0.3) is 5.56 Å². The highest BCUT2D eigenvalue weighted by atomic mass is 16.1. The van der Waals surface area contributed by atoms with E-state index in [0.29, 0.717) is 5.69 Å². The van der Waals surface area contributed by atoms with Gasteiger partial charge in [-0.05, 0) is 19.9 Å². The SMILES string of the molecule is CN1CCn2nc(Nc3cc(N4CCCCCC4)nn(C)c3=O)cc2C1. The van der Waals surface area contributed by atoms with Crippen LogP contribution in [-0.2, 0) is 20.1 Å². The van der Waals surface area contributed by atoms with Gasteiger partial charge in [-0.15, -0.1) is 0 Å². The molecule has 0 amide bonds. The van der Waals surface area contributed by atoms with Crippen LogP contribution < -0.4 is 15.8 Å². The first-order valence-electron chi connectivity index (χ1n) is 9.46. The molecule has 2 aromatic heterocycles. The van der Waals surface area contributed by atoms with E-state index >= 15 is 0 Å². The molecule has 4 rings (SSSR count). The Morgan fingerprint density at radius 3 is 2.50 bits per heavy atom. The number of hydrogen-bond donors (Lipinski definition) is 1. The van der Waals surface area contributed by atoms with Gasteiger partial charge in [0.1, 0.15) is 5.69 Å². The van der Waals surface area contributed by atoms with Crippen LogP contribution in [0, 0.1) is 0 Å². The summed E-state index contributed by atoms with van der Waals surface area (Å²) >= 11 is 0. The van der Waals surface area contributed by atoms with E-state index in [4.69, 9.17) is 0 Å². The van der Waals surface area contributed by atoms with E-state index in [1.54, 1.807) is 7.05 Å². The van der Waals surface area contributed by atoms with E-state index in [9.17, 15) is 4.79 Å². The van der Waals surface area contributed by atoms with E-state index in [0.717, 1.165) is 44.4 Å². The highest BCUT2D eigenvalue weighted by molar-refractivity contribution is 5.59. The third kappa shape index (κ3) is 3.46. The second kappa shape index (κ2) is 7.11. The smallest absolute Gasteiger partial charge is 0.290 e. The van der Waals surface area contributed by atoms with Gasteiger partial charge in [0.15, 0.2) is 11.6 Å². The van der Waals surface area contributed by atoms with Gasteiger partial charge >= 0.3 is 0 Å². The Morgan fingerprint density at radius 2 is 1.73 bits per heavy atom. The topological polar surface area (TPSA) is 71.2 Å². The molecule has 1 fully saturated rings. The lowest BCUT2D eigenvalue weighted by molar-refractivity contribution is 0.259. The summed E-state index contributed by atoms with van der Waals surface area (Å²) in [5.41, 5.74) is 1.57. The molecule has 1 N–H and O–H groups in total. The highest BCUT2D eigenvalue weighted by Gasteiger charge is 2.18. The Hall–Kier alpha value is -2.35. The Morgan fingerprint density at radius 1 is 0.962 bits per heavy atom. The van der Waals surface area contributed by atoms with Crippen LogP contribution >= 0.6 is 0 Å². The molecular weight excluding hydrogens is 330 g/mol. The van der Waals surface area contributed by atoms with Gasteiger partial charge in [0, 0.05) is 45.4 Å². The molecule has 2 aromatic rings. The summed E-state index contributed by atoms with van der Waals surface area (Å²) in [5.74, 6) is 1.58. The number of hydrogen-bond acceptors (Lipinski definition) is 6. The molecular formula is C18H27N7O. The molecule has 0 unspecified atom stereocenters. The summed E-state index contributed by atoms with van der Waals surface area (Å²) in [6.45, 7) is 4.73. The molecule has 2 aliphatic heterocycles. The number of nitrogens with one attached hydrogen (secondary N) is 1. The molecule has 0 aromatic carbocycles. The standard InChI is InChI=1S/C18H27N7O/c1-22-9-10-25-14(13-22)11-16(20-25)19-15-12-17(21-23(2)18(15)26)24-7-5-3-4-6-8-24/h11-12H,3-10,13H2,1-2H3,(H,19,20). The van der Waals surface area contributed by atoms with Gasteiger partial charge in [-0.1, -0.05) is 12.8 Å². The zero-order valence-electron chi connectivity index (χ0n) is 15.6. The van der Waals surface area contributed by atoms with Crippen molar-refractivity contribution in [1.82, 2.24) is 24.5 Å². The van der Waals surface area contributed by atoms with Crippen molar-refractivity contribution in [3.63, 3.8) is 0 Å². The summed E-state index contributed by atoms with van der Waals surface area (Å²) in [5, 5.41) is 12.3. The molecule has 1 saturated heterocycles. The zero-order chi connectivity index (χ0) is 18.1. The molecule has 0 aliphatic carbocycles. The minimum atomic E-state index is -0.133. The maximum Gasteiger partial charge on any atom is 0.290 e. The minimum absolute atomic E-state index is 0.133. The fourth-order valence-electron chi connectivity index (χ4n) is 3.73. The van der Waals surface area contributed by atoms with E-state index in [2.05, 4.69) is 32.4 Å². The van der Waals surface area contributed by atoms with Gasteiger partial charge in [0.2, 0.25) is 0 Å². The first kappa shape index (κ1) is 17.1. The first-order chi connectivity index (χ1) is 12.6. The zero-order valence-corrected chi connectivity index (χ0v) is 15.6. The van der Waals surface area contributed by atoms with Gasteiger partial charge in [-0.2, -0.15) is 10.2 Å². The summed E-state index contributed by atoms with van der Waals surface area (Å²) in [4.78, 5) is 17.1. The molecule has 8 nitrogen and oxygen atoms in total. The van der Waals surface area contributed by atoms with Gasteiger partial charge < -0.3 is 10.2 Å². The largest absolute Gasteiger partial charge is 0.355 e. The Bertz CT molecular complexity index is 833. The molecule has 2 aliphatic rings. The first-order valence-corrected chi connectivity index (χ1v) is 9.46. The van der Waals surface area contributed by atoms with E-state index in [1.165, 1.54) is 36.1 Å². The average Bonchev–Trinajstić information content (AvgIpc) is 2.82. The van der Waals surface area contributed by atoms with Crippen LogP contribution in [-0.4, -0.2) is 51.1 Å². The lowest BCUT2D eigenvalue weighted by Gasteiger charge is -2.22. The van der Waals surface area contributed by atoms with Crippen LogP contribution in [0.4, 0.5) is 17.3 Å². The normalized spacial score (nSPS) is 18.5. The number of rotatable bonds is 3. The van der Waals surface area contributed by atoms with Crippen LogP contribution in [0.3, 0.4) is 0 Å². The van der Waals surface area contributed by atoms with Gasteiger partial charge in [0.05, 0.1) is 12.2 Å². The molecule has 4 heterocycles. The van der Waals surface area contributed by atoms with E-state index in [1.807, 2.05) is 16.8 Å². The third-order valence-corrected chi connectivity index (χ3v) is 5.23. The van der Waals surface area contributed by atoms with Crippen LogP contribution in [0.15, 0.2) is 16.9 Å².